The van der Waals surface area contributed by atoms with Crippen LogP contribution in [0, 0.1) is 11.8 Å². The SMILES string of the molecule is C[C@H]1C(=O)C[C@@H](c2ccco2)[C@@H]1C=O. The molecule has 0 aliphatic heterocycles. The van der Waals surface area contributed by atoms with Crippen molar-refractivity contribution in [1.29, 1.82) is 0 Å². The van der Waals surface area contributed by atoms with Crippen LogP contribution >= 0.6 is 0 Å². The van der Waals surface area contributed by atoms with Gasteiger partial charge in [0.15, 0.2) is 0 Å². The van der Waals surface area contributed by atoms with Gasteiger partial charge in [0.05, 0.1) is 6.26 Å². The number of ketones is 1. The quantitative estimate of drug-likeness (QED) is 0.671. The maximum Gasteiger partial charge on any atom is 0.137 e. The highest BCUT2D eigenvalue weighted by atomic mass is 16.3. The van der Waals surface area contributed by atoms with Crippen molar-refractivity contribution in [3.8, 4) is 0 Å². The van der Waals surface area contributed by atoms with Crippen molar-refractivity contribution >= 4 is 12.1 Å². The van der Waals surface area contributed by atoms with Crippen LogP contribution in [-0.2, 0) is 9.59 Å². The highest BCUT2D eigenvalue weighted by Crippen LogP contribution is 2.40. The van der Waals surface area contributed by atoms with Gasteiger partial charge in [-0.3, -0.25) is 4.79 Å². The fourth-order valence-corrected chi connectivity index (χ4v) is 2.11. The van der Waals surface area contributed by atoms with Gasteiger partial charge in [0.25, 0.3) is 0 Å². The lowest BCUT2D eigenvalue weighted by molar-refractivity contribution is -0.122. The molecule has 3 heteroatoms. The zero-order chi connectivity index (χ0) is 10.1. The minimum absolute atomic E-state index is 0.0509. The summed E-state index contributed by atoms with van der Waals surface area (Å²) in [5, 5.41) is 0. The predicted molar refractivity (Wildman–Crippen MR) is 49.8 cm³/mol. The van der Waals surface area contributed by atoms with Crippen LogP contribution in [0.4, 0.5) is 0 Å². The first-order valence-corrected chi connectivity index (χ1v) is 4.75. The molecule has 0 radical (unpaired) electrons. The Kier molecular flexibility index (Phi) is 2.23. The molecule has 0 N–H and O–H groups in total. The Bertz CT molecular complexity index is 339. The van der Waals surface area contributed by atoms with E-state index in [-0.39, 0.29) is 23.5 Å². The first-order chi connectivity index (χ1) is 6.74. The fourth-order valence-electron chi connectivity index (χ4n) is 2.11. The van der Waals surface area contributed by atoms with E-state index in [1.54, 1.807) is 12.3 Å². The summed E-state index contributed by atoms with van der Waals surface area (Å²) < 4.78 is 5.24. The van der Waals surface area contributed by atoms with Crippen molar-refractivity contribution in [2.45, 2.75) is 19.3 Å². The lowest BCUT2D eigenvalue weighted by Gasteiger charge is -2.12. The van der Waals surface area contributed by atoms with Crippen LogP contribution in [0.25, 0.3) is 0 Å². The van der Waals surface area contributed by atoms with Crippen LogP contribution in [0.1, 0.15) is 25.0 Å². The van der Waals surface area contributed by atoms with Crippen LogP contribution in [0.5, 0.6) is 0 Å². The summed E-state index contributed by atoms with van der Waals surface area (Å²) in [6, 6.07) is 3.61. The highest BCUT2D eigenvalue weighted by molar-refractivity contribution is 5.88. The van der Waals surface area contributed by atoms with Gasteiger partial charge in [0, 0.05) is 24.2 Å². The van der Waals surface area contributed by atoms with Crippen molar-refractivity contribution in [1.82, 2.24) is 0 Å². The van der Waals surface area contributed by atoms with Crippen molar-refractivity contribution < 1.29 is 14.0 Å². The second-order valence-corrected chi connectivity index (χ2v) is 3.79. The van der Waals surface area contributed by atoms with Gasteiger partial charge in [0.2, 0.25) is 0 Å². The molecular weight excluding hydrogens is 180 g/mol. The van der Waals surface area contributed by atoms with Crippen molar-refractivity contribution in [2.75, 3.05) is 0 Å². The zero-order valence-corrected chi connectivity index (χ0v) is 7.97. The van der Waals surface area contributed by atoms with Crippen LogP contribution in [-0.4, -0.2) is 12.1 Å². The molecule has 0 aromatic carbocycles. The molecule has 3 nitrogen and oxygen atoms in total. The summed E-state index contributed by atoms with van der Waals surface area (Å²) in [7, 11) is 0. The number of Topliss-reactive ketones (excluding diaryl/α,β-unsaturated/α-hetero) is 1. The van der Waals surface area contributed by atoms with Gasteiger partial charge in [0.1, 0.15) is 17.8 Å². The molecule has 1 aliphatic carbocycles. The second kappa shape index (κ2) is 3.40. The molecule has 3 atom stereocenters. The lowest BCUT2D eigenvalue weighted by Crippen LogP contribution is -2.14. The van der Waals surface area contributed by atoms with Gasteiger partial charge in [-0.1, -0.05) is 6.92 Å². The summed E-state index contributed by atoms with van der Waals surface area (Å²) in [5.41, 5.74) is 0. The Morgan fingerprint density at radius 3 is 2.93 bits per heavy atom. The summed E-state index contributed by atoms with van der Waals surface area (Å²) in [6.45, 7) is 1.81. The second-order valence-electron chi connectivity index (χ2n) is 3.79. The minimum atomic E-state index is -0.214. The minimum Gasteiger partial charge on any atom is -0.469 e. The summed E-state index contributed by atoms with van der Waals surface area (Å²) in [6.07, 6.45) is 2.88. The molecule has 1 aromatic heterocycles. The monoisotopic (exact) mass is 192 g/mol. The first kappa shape index (κ1) is 9.19. The third-order valence-corrected chi connectivity index (χ3v) is 3.04. The lowest BCUT2D eigenvalue weighted by atomic mass is 9.90. The van der Waals surface area contributed by atoms with Crippen molar-refractivity contribution in [3.05, 3.63) is 24.2 Å². The molecule has 14 heavy (non-hydrogen) atoms. The van der Waals surface area contributed by atoms with Crippen molar-refractivity contribution in [2.24, 2.45) is 11.8 Å². The van der Waals surface area contributed by atoms with Crippen LogP contribution in [0.2, 0.25) is 0 Å². The Morgan fingerprint density at radius 1 is 1.57 bits per heavy atom. The van der Waals surface area contributed by atoms with E-state index in [0.717, 1.165) is 12.0 Å². The smallest absolute Gasteiger partial charge is 0.137 e. The average Bonchev–Trinajstić information content (AvgIpc) is 2.76. The van der Waals surface area contributed by atoms with E-state index in [4.69, 9.17) is 4.42 Å². The van der Waals surface area contributed by atoms with Gasteiger partial charge in [-0.25, -0.2) is 0 Å². The van der Waals surface area contributed by atoms with E-state index >= 15 is 0 Å². The normalized spacial score (nSPS) is 32.1. The molecule has 0 spiro atoms. The zero-order valence-electron chi connectivity index (χ0n) is 7.97. The number of rotatable bonds is 2. The average molecular weight is 192 g/mol. The van der Waals surface area contributed by atoms with Gasteiger partial charge >= 0.3 is 0 Å². The number of carbonyl (C=O) groups excluding carboxylic acids is 2. The topological polar surface area (TPSA) is 47.3 Å². The number of carbonyl (C=O) groups is 2. The van der Waals surface area contributed by atoms with Gasteiger partial charge in [-0.05, 0) is 12.1 Å². The molecule has 1 aromatic rings. The largest absolute Gasteiger partial charge is 0.469 e. The standard InChI is InChI=1S/C11H12O3/c1-7-9(6-12)8(5-10(7)13)11-3-2-4-14-11/h2-4,6-9H,5H2,1H3/t7-,8-,9-/m1/s1. The van der Waals surface area contributed by atoms with E-state index in [0.29, 0.717) is 6.42 Å². The summed E-state index contributed by atoms with van der Waals surface area (Å²) in [4.78, 5) is 22.3. The van der Waals surface area contributed by atoms with Gasteiger partial charge in [-0.15, -0.1) is 0 Å². The molecule has 1 heterocycles. The maximum atomic E-state index is 11.4. The summed E-state index contributed by atoms with van der Waals surface area (Å²) >= 11 is 0. The Labute approximate surface area is 82.1 Å². The third kappa shape index (κ3) is 1.29. The third-order valence-electron chi connectivity index (χ3n) is 3.04. The summed E-state index contributed by atoms with van der Waals surface area (Å²) in [5.74, 6) is 0.476. The van der Waals surface area contributed by atoms with E-state index < -0.39 is 0 Å². The van der Waals surface area contributed by atoms with Crippen LogP contribution in [0.15, 0.2) is 22.8 Å². The van der Waals surface area contributed by atoms with Crippen LogP contribution in [0.3, 0.4) is 0 Å². The molecule has 1 fully saturated rings. The van der Waals surface area contributed by atoms with Crippen LogP contribution < -0.4 is 0 Å². The van der Waals surface area contributed by atoms with E-state index in [1.807, 2.05) is 13.0 Å². The van der Waals surface area contributed by atoms with E-state index in [1.165, 1.54) is 0 Å². The number of hydrogen-bond donors (Lipinski definition) is 0. The molecule has 0 saturated heterocycles. The molecule has 0 unspecified atom stereocenters. The molecule has 1 aliphatic rings. The Balaban J connectivity index is 2.29. The molecule has 2 rings (SSSR count). The number of hydrogen-bond acceptors (Lipinski definition) is 3. The molecular formula is C11H12O3. The van der Waals surface area contributed by atoms with Gasteiger partial charge in [-0.2, -0.15) is 0 Å². The maximum absolute atomic E-state index is 11.4. The predicted octanol–water partition coefficient (Wildman–Crippen LogP) is 1.79. The Morgan fingerprint density at radius 2 is 2.36 bits per heavy atom. The molecule has 74 valence electrons. The molecule has 0 amide bonds. The molecule has 1 saturated carbocycles. The van der Waals surface area contributed by atoms with Crippen molar-refractivity contribution in [3.63, 3.8) is 0 Å². The van der Waals surface area contributed by atoms with E-state index in [9.17, 15) is 9.59 Å². The van der Waals surface area contributed by atoms with Gasteiger partial charge < -0.3 is 9.21 Å². The number of aldehydes is 1. The Hall–Kier alpha value is -1.38. The highest BCUT2D eigenvalue weighted by Gasteiger charge is 2.41. The number of furan rings is 1. The fraction of sp³-hybridized carbons (Fsp3) is 0.455. The van der Waals surface area contributed by atoms with E-state index in [2.05, 4.69) is 0 Å². The molecule has 0 bridgehead atoms. The first-order valence-electron chi connectivity index (χ1n) is 4.75.